The van der Waals surface area contributed by atoms with Gasteiger partial charge in [0.1, 0.15) is 6.33 Å². The number of aromatic nitrogens is 2. The molecule has 1 aromatic carbocycles. The van der Waals surface area contributed by atoms with Crippen molar-refractivity contribution in [3.63, 3.8) is 0 Å². The zero-order valence-corrected chi connectivity index (χ0v) is 13.0. The molecule has 0 bridgehead atoms. The molecule has 6 heteroatoms. The Hall–Kier alpha value is -1.79. The zero-order chi connectivity index (χ0) is 15.3. The molecule has 2 rings (SSSR count). The number of hydrogen-bond donors (Lipinski definition) is 1. The monoisotopic (exact) mass is 305 g/mol. The maximum atomic E-state index is 12.2. The molecule has 0 atom stereocenters. The quantitative estimate of drug-likeness (QED) is 0.887. The lowest BCUT2D eigenvalue weighted by molar-refractivity contribution is 0.580. The van der Waals surface area contributed by atoms with E-state index in [2.05, 4.69) is 28.5 Å². The van der Waals surface area contributed by atoms with Crippen molar-refractivity contribution < 1.29 is 8.42 Å². The number of nitrogens with zero attached hydrogens (tertiary/aromatic N) is 2. The van der Waals surface area contributed by atoms with Crippen LogP contribution in [0.5, 0.6) is 0 Å². The Bertz CT molecular complexity index is 668. The topological polar surface area (TPSA) is 72.0 Å². The number of rotatable bonds is 6. The maximum Gasteiger partial charge on any atom is 0.240 e. The molecule has 0 saturated heterocycles. The lowest BCUT2D eigenvalue weighted by Crippen LogP contribution is -2.23. The lowest BCUT2D eigenvalue weighted by Gasteiger charge is -2.08. The van der Waals surface area contributed by atoms with Gasteiger partial charge in [0.2, 0.25) is 10.0 Å². The maximum absolute atomic E-state index is 12.2. The van der Waals surface area contributed by atoms with Crippen molar-refractivity contribution in [2.75, 3.05) is 0 Å². The molecule has 0 radical (unpaired) electrons. The van der Waals surface area contributed by atoms with E-state index in [1.54, 1.807) is 24.4 Å². The van der Waals surface area contributed by atoms with Gasteiger partial charge in [0.05, 0.1) is 17.1 Å². The summed E-state index contributed by atoms with van der Waals surface area (Å²) >= 11 is 0. The molecule has 0 fully saturated rings. The highest BCUT2D eigenvalue weighted by Crippen LogP contribution is 2.13. The summed E-state index contributed by atoms with van der Waals surface area (Å²) in [6, 6.07) is 8.67. The predicted molar refractivity (Wildman–Crippen MR) is 81.0 cm³/mol. The normalized spacial score (nSPS) is 11.8. The van der Waals surface area contributed by atoms with E-state index in [-0.39, 0.29) is 11.4 Å². The highest BCUT2D eigenvalue weighted by molar-refractivity contribution is 7.89. The lowest BCUT2D eigenvalue weighted by atomic mass is 10.0. The van der Waals surface area contributed by atoms with Gasteiger partial charge in [-0.1, -0.05) is 26.0 Å². The van der Waals surface area contributed by atoms with Gasteiger partial charge in [-0.2, -0.15) is 0 Å². The first-order valence-corrected chi connectivity index (χ1v) is 8.29. The van der Waals surface area contributed by atoms with Crippen molar-refractivity contribution in [2.24, 2.45) is 5.92 Å². The van der Waals surface area contributed by atoms with Crippen molar-refractivity contribution in [1.29, 1.82) is 0 Å². The van der Waals surface area contributed by atoms with Crippen LogP contribution in [0.2, 0.25) is 0 Å². The van der Waals surface area contributed by atoms with Gasteiger partial charge in [0.15, 0.2) is 0 Å². The first kappa shape index (κ1) is 15.6. The highest BCUT2D eigenvalue weighted by Gasteiger charge is 2.13. The van der Waals surface area contributed by atoms with Crippen LogP contribution >= 0.6 is 0 Å². The van der Waals surface area contributed by atoms with Crippen LogP contribution in [0, 0.1) is 5.92 Å². The van der Waals surface area contributed by atoms with E-state index in [4.69, 9.17) is 0 Å². The first-order chi connectivity index (χ1) is 9.97. The van der Waals surface area contributed by atoms with Gasteiger partial charge in [-0.05, 0) is 36.1 Å². The third-order valence-corrected chi connectivity index (χ3v) is 4.38. The predicted octanol–water partition coefficient (Wildman–Crippen LogP) is 2.15. The Labute approximate surface area is 125 Å². The standard InChI is InChI=1S/C15H19N3O2S/c1-12(2)9-13-3-5-15(6-4-13)21(19,20)18-10-14-7-8-16-11-17-14/h3-8,11-12,18H,9-10H2,1-2H3. The molecule has 0 aliphatic carbocycles. The van der Waals surface area contributed by atoms with Crippen LogP contribution in [0.3, 0.4) is 0 Å². The fourth-order valence-electron chi connectivity index (χ4n) is 1.95. The average Bonchev–Trinajstić information content (AvgIpc) is 2.46. The summed E-state index contributed by atoms with van der Waals surface area (Å²) in [6.07, 6.45) is 3.91. The number of nitrogens with one attached hydrogen (secondary N) is 1. The van der Waals surface area contributed by atoms with Crippen molar-refractivity contribution in [2.45, 2.75) is 31.7 Å². The van der Waals surface area contributed by atoms with Crippen LogP contribution in [0.4, 0.5) is 0 Å². The summed E-state index contributed by atoms with van der Waals surface area (Å²) in [5.74, 6) is 0.545. The summed E-state index contributed by atoms with van der Waals surface area (Å²) < 4.78 is 26.9. The minimum absolute atomic E-state index is 0.151. The summed E-state index contributed by atoms with van der Waals surface area (Å²) in [5, 5.41) is 0. The van der Waals surface area contributed by atoms with E-state index in [0.29, 0.717) is 11.6 Å². The van der Waals surface area contributed by atoms with Gasteiger partial charge in [0.25, 0.3) is 0 Å². The first-order valence-electron chi connectivity index (χ1n) is 6.81. The number of hydrogen-bond acceptors (Lipinski definition) is 4. The van der Waals surface area contributed by atoms with E-state index >= 15 is 0 Å². The summed E-state index contributed by atoms with van der Waals surface area (Å²) in [7, 11) is -3.51. The smallest absolute Gasteiger partial charge is 0.240 e. The van der Waals surface area contributed by atoms with Crippen molar-refractivity contribution in [3.05, 3.63) is 54.1 Å². The van der Waals surface area contributed by atoms with Gasteiger partial charge < -0.3 is 0 Å². The highest BCUT2D eigenvalue weighted by atomic mass is 32.2. The van der Waals surface area contributed by atoms with Crippen molar-refractivity contribution >= 4 is 10.0 Å². The van der Waals surface area contributed by atoms with Gasteiger partial charge in [0, 0.05) is 6.20 Å². The molecule has 2 aromatic rings. The van der Waals surface area contributed by atoms with Crippen LogP contribution in [-0.2, 0) is 23.0 Å². The van der Waals surface area contributed by atoms with Crippen LogP contribution in [0.1, 0.15) is 25.1 Å². The molecule has 112 valence electrons. The molecule has 0 amide bonds. The van der Waals surface area contributed by atoms with E-state index < -0.39 is 10.0 Å². The molecule has 5 nitrogen and oxygen atoms in total. The minimum Gasteiger partial charge on any atom is -0.245 e. The number of benzene rings is 1. The summed E-state index contributed by atoms with van der Waals surface area (Å²) in [5.41, 5.74) is 1.77. The Morgan fingerprint density at radius 2 is 1.86 bits per heavy atom. The molecule has 0 aliphatic heterocycles. The molecule has 1 N–H and O–H groups in total. The fourth-order valence-corrected chi connectivity index (χ4v) is 2.95. The average molecular weight is 305 g/mol. The van der Waals surface area contributed by atoms with Gasteiger partial charge in [-0.25, -0.2) is 23.1 Å². The third kappa shape index (κ3) is 4.61. The second kappa shape index (κ2) is 6.78. The Morgan fingerprint density at radius 3 is 2.43 bits per heavy atom. The van der Waals surface area contributed by atoms with Crippen LogP contribution < -0.4 is 4.72 Å². The van der Waals surface area contributed by atoms with Crippen molar-refractivity contribution in [1.82, 2.24) is 14.7 Å². The van der Waals surface area contributed by atoms with E-state index in [0.717, 1.165) is 12.0 Å². The molecule has 0 saturated carbocycles. The van der Waals surface area contributed by atoms with Crippen LogP contribution in [0.25, 0.3) is 0 Å². The zero-order valence-electron chi connectivity index (χ0n) is 12.2. The second-order valence-corrected chi connectivity index (χ2v) is 7.03. The van der Waals surface area contributed by atoms with E-state index in [1.807, 2.05) is 12.1 Å². The molecule has 0 unspecified atom stereocenters. The number of sulfonamides is 1. The molecule has 21 heavy (non-hydrogen) atoms. The summed E-state index contributed by atoms with van der Waals surface area (Å²) in [4.78, 5) is 8.04. The van der Waals surface area contributed by atoms with Crippen molar-refractivity contribution in [3.8, 4) is 0 Å². The molecule has 1 heterocycles. The minimum atomic E-state index is -3.51. The fraction of sp³-hybridized carbons (Fsp3) is 0.333. The Morgan fingerprint density at radius 1 is 1.14 bits per heavy atom. The Balaban J connectivity index is 2.05. The third-order valence-electron chi connectivity index (χ3n) is 2.96. The molecule has 0 spiro atoms. The molecule has 1 aromatic heterocycles. The molecular formula is C15H19N3O2S. The SMILES string of the molecule is CC(C)Cc1ccc(S(=O)(=O)NCc2ccncn2)cc1. The van der Waals surface area contributed by atoms with Gasteiger partial charge in [-0.3, -0.25) is 0 Å². The largest absolute Gasteiger partial charge is 0.245 e. The van der Waals surface area contributed by atoms with E-state index in [9.17, 15) is 8.42 Å². The van der Waals surface area contributed by atoms with Crippen LogP contribution in [-0.4, -0.2) is 18.4 Å². The van der Waals surface area contributed by atoms with Crippen LogP contribution in [0.15, 0.2) is 47.8 Å². The molecule has 0 aliphatic rings. The summed E-state index contributed by atoms with van der Waals surface area (Å²) in [6.45, 7) is 4.42. The van der Waals surface area contributed by atoms with E-state index in [1.165, 1.54) is 6.33 Å². The Kier molecular flexibility index (Phi) is 5.03. The van der Waals surface area contributed by atoms with Gasteiger partial charge in [-0.15, -0.1) is 0 Å². The molecular weight excluding hydrogens is 286 g/mol. The second-order valence-electron chi connectivity index (χ2n) is 5.27. The van der Waals surface area contributed by atoms with Gasteiger partial charge >= 0.3 is 0 Å².